The molecule has 2 aromatic heterocycles. The third-order valence-corrected chi connectivity index (χ3v) is 4.51. The zero-order valence-corrected chi connectivity index (χ0v) is 16.3. The SMILES string of the molecule is C=C(/C=C\C(=C/C)n1cc2cc(I)cc(C(N)=O)c2n1)c1cccnc1. The molecule has 0 spiro atoms. The second kappa shape index (κ2) is 7.65. The predicted molar refractivity (Wildman–Crippen MR) is 113 cm³/mol. The number of nitrogens with zero attached hydrogens (tertiary/aromatic N) is 3. The van der Waals surface area contributed by atoms with Crippen LogP contribution in [0.1, 0.15) is 22.8 Å². The van der Waals surface area contributed by atoms with Gasteiger partial charge in [-0.05, 0) is 64.9 Å². The van der Waals surface area contributed by atoms with E-state index in [1.165, 1.54) is 0 Å². The predicted octanol–water partition coefficient (Wildman–Crippen LogP) is 4.27. The number of primary amides is 1. The largest absolute Gasteiger partial charge is 0.366 e. The Morgan fingerprint density at radius 2 is 2.15 bits per heavy atom. The zero-order valence-electron chi connectivity index (χ0n) is 14.2. The summed E-state index contributed by atoms with van der Waals surface area (Å²) in [6.07, 6.45) is 11.2. The summed E-state index contributed by atoms with van der Waals surface area (Å²) in [5, 5.41) is 5.41. The maximum absolute atomic E-state index is 11.7. The van der Waals surface area contributed by atoms with Gasteiger partial charge in [0.1, 0.15) is 5.52 Å². The lowest BCUT2D eigenvalue weighted by molar-refractivity contribution is 0.100. The molecular weight excluding hydrogens is 439 g/mol. The minimum Gasteiger partial charge on any atom is -0.366 e. The van der Waals surface area contributed by atoms with E-state index in [1.54, 1.807) is 23.1 Å². The molecule has 26 heavy (non-hydrogen) atoms. The number of amides is 1. The Balaban J connectivity index is 1.96. The molecule has 1 aromatic carbocycles. The van der Waals surface area contributed by atoms with Crippen LogP contribution in [0.2, 0.25) is 0 Å². The molecule has 0 radical (unpaired) electrons. The first kappa shape index (κ1) is 18.1. The van der Waals surface area contributed by atoms with Crippen molar-refractivity contribution in [1.29, 1.82) is 0 Å². The number of carbonyl (C=O) groups excluding carboxylic acids is 1. The monoisotopic (exact) mass is 456 g/mol. The molecule has 2 heterocycles. The summed E-state index contributed by atoms with van der Waals surface area (Å²) in [6.45, 7) is 6.00. The molecule has 3 rings (SSSR count). The number of hydrogen-bond donors (Lipinski definition) is 1. The third kappa shape index (κ3) is 3.75. The van der Waals surface area contributed by atoms with Crippen molar-refractivity contribution >= 4 is 50.7 Å². The van der Waals surface area contributed by atoms with Crippen molar-refractivity contribution in [3.05, 3.63) is 82.4 Å². The number of rotatable bonds is 5. The Bertz CT molecular complexity index is 1050. The van der Waals surface area contributed by atoms with Gasteiger partial charge in [-0.2, -0.15) is 5.10 Å². The van der Waals surface area contributed by atoms with Gasteiger partial charge in [0.2, 0.25) is 0 Å². The van der Waals surface area contributed by atoms with E-state index >= 15 is 0 Å². The number of benzene rings is 1. The van der Waals surface area contributed by atoms with Gasteiger partial charge in [-0.3, -0.25) is 9.78 Å². The molecule has 0 bridgehead atoms. The fourth-order valence-corrected chi connectivity index (χ4v) is 3.21. The van der Waals surface area contributed by atoms with Crippen molar-refractivity contribution < 1.29 is 4.79 Å². The van der Waals surface area contributed by atoms with Crippen molar-refractivity contribution in [1.82, 2.24) is 14.8 Å². The molecule has 6 heteroatoms. The van der Waals surface area contributed by atoms with E-state index in [0.717, 1.165) is 25.8 Å². The first-order valence-electron chi connectivity index (χ1n) is 7.92. The summed E-state index contributed by atoms with van der Waals surface area (Å²) in [5.74, 6) is -0.485. The van der Waals surface area contributed by atoms with E-state index in [2.05, 4.69) is 39.3 Å². The highest BCUT2D eigenvalue weighted by Gasteiger charge is 2.13. The Kier molecular flexibility index (Phi) is 5.32. The first-order chi connectivity index (χ1) is 12.5. The van der Waals surface area contributed by atoms with Crippen LogP contribution in [-0.2, 0) is 0 Å². The lowest BCUT2D eigenvalue weighted by Gasteiger charge is -2.03. The summed E-state index contributed by atoms with van der Waals surface area (Å²) < 4.78 is 2.67. The lowest BCUT2D eigenvalue weighted by atomic mass is 10.1. The maximum atomic E-state index is 11.7. The second-order valence-corrected chi connectivity index (χ2v) is 6.89. The van der Waals surface area contributed by atoms with Gasteiger partial charge in [0, 0.05) is 27.5 Å². The highest BCUT2D eigenvalue weighted by molar-refractivity contribution is 14.1. The molecule has 0 unspecified atom stereocenters. The molecule has 0 saturated heterocycles. The van der Waals surface area contributed by atoms with E-state index < -0.39 is 5.91 Å². The van der Waals surface area contributed by atoms with Crippen LogP contribution in [0.4, 0.5) is 0 Å². The molecule has 1 amide bonds. The number of nitrogens with two attached hydrogens (primary N) is 1. The Labute approximate surface area is 165 Å². The van der Waals surface area contributed by atoms with Gasteiger partial charge < -0.3 is 5.73 Å². The van der Waals surface area contributed by atoms with Crippen LogP contribution in [0.15, 0.2) is 67.7 Å². The molecule has 2 N–H and O–H groups in total. The topological polar surface area (TPSA) is 73.8 Å². The summed E-state index contributed by atoms with van der Waals surface area (Å²) >= 11 is 2.16. The van der Waals surface area contributed by atoms with Crippen LogP contribution in [0.25, 0.3) is 22.2 Å². The van der Waals surface area contributed by atoms with E-state index in [9.17, 15) is 4.79 Å². The fraction of sp³-hybridized carbons (Fsp3) is 0.0500. The van der Waals surface area contributed by atoms with Crippen molar-refractivity contribution in [3.8, 4) is 0 Å². The van der Waals surface area contributed by atoms with Gasteiger partial charge in [-0.25, -0.2) is 4.68 Å². The Morgan fingerprint density at radius 1 is 1.35 bits per heavy atom. The summed E-state index contributed by atoms with van der Waals surface area (Å²) in [5.41, 5.74) is 9.17. The summed E-state index contributed by atoms with van der Waals surface area (Å²) in [6, 6.07) is 7.55. The molecule has 5 nitrogen and oxygen atoms in total. The van der Waals surface area contributed by atoms with E-state index in [-0.39, 0.29) is 0 Å². The summed E-state index contributed by atoms with van der Waals surface area (Å²) in [7, 11) is 0. The van der Waals surface area contributed by atoms with Crippen LogP contribution in [0, 0.1) is 3.57 Å². The highest BCUT2D eigenvalue weighted by atomic mass is 127. The van der Waals surface area contributed by atoms with Crippen LogP contribution in [0.5, 0.6) is 0 Å². The van der Waals surface area contributed by atoms with Gasteiger partial charge in [0.05, 0.1) is 11.3 Å². The normalized spacial score (nSPS) is 12.0. The smallest absolute Gasteiger partial charge is 0.251 e. The van der Waals surface area contributed by atoms with Crippen molar-refractivity contribution in [2.24, 2.45) is 5.73 Å². The number of pyridine rings is 1. The van der Waals surface area contributed by atoms with Gasteiger partial charge in [0.25, 0.3) is 5.91 Å². The third-order valence-electron chi connectivity index (χ3n) is 3.89. The van der Waals surface area contributed by atoms with Crippen LogP contribution in [-0.4, -0.2) is 20.7 Å². The number of aromatic nitrogens is 3. The van der Waals surface area contributed by atoms with Gasteiger partial charge in [-0.1, -0.05) is 24.8 Å². The Hall–Kier alpha value is -2.74. The standard InChI is InChI=1S/C20H17IN4O/c1-3-17(7-6-13(2)14-5-4-8-23-11-14)25-12-15-9-16(21)10-18(20(22)26)19(15)24-25/h3-12H,2H2,1H3,(H2,22,26)/b7-6-,17-3+. The molecule has 0 aliphatic rings. The van der Waals surface area contributed by atoms with Gasteiger partial charge >= 0.3 is 0 Å². The van der Waals surface area contributed by atoms with Crippen molar-refractivity contribution in [2.45, 2.75) is 6.92 Å². The molecule has 0 saturated carbocycles. The molecule has 0 aliphatic heterocycles. The van der Waals surface area contributed by atoms with Crippen LogP contribution < -0.4 is 5.73 Å². The van der Waals surface area contributed by atoms with E-state index in [1.807, 2.05) is 49.5 Å². The van der Waals surface area contributed by atoms with Crippen LogP contribution >= 0.6 is 22.6 Å². The molecule has 0 atom stereocenters. The average Bonchev–Trinajstić information content (AvgIpc) is 3.05. The number of allylic oxidation sites excluding steroid dienone is 5. The summed E-state index contributed by atoms with van der Waals surface area (Å²) in [4.78, 5) is 15.8. The number of carbonyl (C=O) groups is 1. The highest BCUT2D eigenvalue weighted by Crippen LogP contribution is 2.23. The number of hydrogen-bond acceptors (Lipinski definition) is 3. The molecule has 130 valence electrons. The van der Waals surface area contributed by atoms with E-state index in [0.29, 0.717) is 11.1 Å². The average molecular weight is 456 g/mol. The maximum Gasteiger partial charge on any atom is 0.251 e. The zero-order chi connectivity index (χ0) is 18.7. The molecule has 0 fully saturated rings. The van der Waals surface area contributed by atoms with Gasteiger partial charge in [0.15, 0.2) is 0 Å². The quantitative estimate of drug-likeness (QED) is 0.461. The first-order valence-corrected chi connectivity index (χ1v) is 9.00. The van der Waals surface area contributed by atoms with Crippen LogP contribution in [0.3, 0.4) is 0 Å². The van der Waals surface area contributed by atoms with E-state index in [4.69, 9.17) is 5.73 Å². The second-order valence-electron chi connectivity index (χ2n) is 5.64. The minimum atomic E-state index is -0.485. The number of fused-ring (bicyclic) bond motifs is 1. The van der Waals surface area contributed by atoms with Crippen molar-refractivity contribution in [3.63, 3.8) is 0 Å². The lowest BCUT2D eigenvalue weighted by Crippen LogP contribution is -2.12. The van der Waals surface area contributed by atoms with Gasteiger partial charge in [-0.15, -0.1) is 0 Å². The van der Waals surface area contributed by atoms with Crippen molar-refractivity contribution in [2.75, 3.05) is 0 Å². The number of halogens is 1. The fourth-order valence-electron chi connectivity index (χ4n) is 2.56. The molecule has 0 aliphatic carbocycles. The molecule has 3 aromatic rings. The molecular formula is C20H17IN4O. The Morgan fingerprint density at radius 3 is 2.81 bits per heavy atom. The minimum absolute atomic E-state index is 0.421.